The first-order chi connectivity index (χ1) is 9.63. The lowest BCUT2D eigenvalue weighted by molar-refractivity contribution is -0.00239. The van der Waals surface area contributed by atoms with Gasteiger partial charge in [-0.05, 0) is 43.6 Å². The molecule has 0 aromatic carbocycles. The van der Waals surface area contributed by atoms with Crippen LogP contribution in [0.5, 0.6) is 0 Å². The van der Waals surface area contributed by atoms with Crippen LogP contribution >= 0.6 is 0 Å². The summed E-state index contributed by atoms with van der Waals surface area (Å²) in [5.74, 6) is 0.704. The Morgan fingerprint density at radius 3 is 2.75 bits per heavy atom. The van der Waals surface area contributed by atoms with E-state index in [2.05, 4.69) is 24.1 Å². The molecule has 0 aliphatic carbocycles. The Bertz CT molecular complexity index is 278. The first-order valence-corrected chi connectivity index (χ1v) is 8.28. The lowest BCUT2D eigenvalue weighted by atomic mass is 9.79. The van der Waals surface area contributed by atoms with Crippen LogP contribution in [0.3, 0.4) is 0 Å². The molecule has 2 aliphatic heterocycles. The molecule has 118 valence electrons. The lowest BCUT2D eigenvalue weighted by Gasteiger charge is -2.41. The van der Waals surface area contributed by atoms with Crippen molar-refractivity contribution in [3.8, 4) is 0 Å². The zero-order valence-electron chi connectivity index (χ0n) is 13.2. The molecule has 2 heterocycles. The molecule has 0 aromatic heterocycles. The molecule has 0 radical (unpaired) electrons. The van der Waals surface area contributed by atoms with Gasteiger partial charge in [-0.25, -0.2) is 0 Å². The number of hydrogen-bond donors (Lipinski definition) is 2. The molecule has 2 N–H and O–H groups in total. The molecule has 0 saturated carbocycles. The SMILES string of the molecule is CC(C)NCC1(CN2CCC(CCO)C2)CCOCC1. The van der Waals surface area contributed by atoms with E-state index in [1.54, 1.807) is 0 Å². The van der Waals surface area contributed by atoms with Crippen molar-refractivity contribution in [3.05, 3.63) is 0 Å². The minimum atomic E-state index is 0.340. The molecule has 4 heteroatoms. The Hall–Kier alpha value is -0.160. The average Bonchev–Trinajstić information content (AvgIpc) is 2.85. The molecule has 4 nitrogen and oxygen atoms in total. The topological polar surface area (TPSA) is 44.7 Å². The van der Waals surface area contributed by atoms with Crippen LogP contribution in [0.4, 0.5) is 0 Å². The Kier molecular flexibility index (Phi) is 6.27. The number of rotatable bonds is 7. The summed E-state index contributed by atoms with van der Waals surface area (Å²) in [6.45, 7) is 11.3. The summed E-state index contributed by atoms with van der Waals surface area (Å²) in [5.41, 5.74) is 0.386. The minimum Gasteiger partial charge on any atom is -0.396 e. The van der Waals surface area contributed by atoms with E-state index in [1.165, 1.54) is 38.9 Å². The minimum absolute atomic E-state index is 0.340. The highest BCUT2D eigenvalue weighted by atomic mass is 16.5. The van der Waals surface area contributed by atoms with E-state index in [-0.39, 0.29) is 0 Å². The Labute approximate surface area is 123 Å². The zero-order valence-corrected chi connectivity index (χ0v) is 13.2. The fourth-order valence-electron chi connectivity index (χ4n) is 3.56. The number of nitrogens with one attached hydrogen (secondary N) is 1. The van der Waals surface area contributed by atoms with Crippen LogP contribution in [0.15, 0.2) is 0 Å². The third-order valence-electron chi connectivity index (χ3n) is 4.91. The first-order valence-electron chi connectivity index (χ1n) is 8.28. The summed E-state index contributed by atoms with van der Waals surface area (Å²) in [7, 11) is 0. The molecule has 2 rings (SSSR count). The summed E-state index contributed by atoms with van der Waals surface area (Å²) < 4.78 is 5.58. The van der Waals surface area contributed by atoms with E-state index in [0.717, 1.165) is 26.2 Å². The molecule has 2 saturated heterocycles. The summed E-state index contributed by atoms with van der Waals surface area (Å²) in [6.07, 6.45) is 4.57. The van der Waals surface area contributed by atoms with Gasteiger partial charge >= 0.3 is 0 Å². The van der Waals surface area contributed by atoms with Crippen molar-refractivity contribution in [3.63, 3.8) is 0 Å². The van der Waals surface area contributed by atoms with E-state index in [0.29, 0.717) is 24.0 Å². The van der Waals surface area contributed by atoms with E-state index < -0.39 is 0 Å². The van der Waals surface area contributed by atoms with E-state index >= 15 is 0 Å². The fourth-order valence-corrected chi connectivity index (χ4v) is 3.56. The van der Waals surface area contributed by atoms with Gasteiger partial charge in [0.05, 0.1) is 0 Å². The standard InChI is InChI=1S/C16H32N2O2/c1-14(2)17-12-16(5-9-20-10-6-16)13-18-7-3-15(11-18)4-8-19/h14-15,17,19H,3-13H2,1-2H3. The summed E-state index contributed by atoms with van der Waals surface area (Å²) >= 11 is 0. The van der Waals surface area contributed by atoms with Gasteiger partial charge in [0.15, 0.2) is 0 Å². The molecular weight excluding hydrogens is 252 g/mol. The Morgan fingerprint density at radius 1 is 1.35 bits per heavy atom. The lowest BCUT2D eigenvalue weighted by Crippen LogP contribution is -2.48. The first kappa shape index (κ1) is 16.2. The number of aliphatic hydroxyl groups is 1. The van der Waals surface area contributed by atoms with Gasteiger partial charge in [-0.15, -0.1) is 0 Å². The van der Waals surface area contributed by atoms with E-state index in [1.807, 2.05) is 0 Å². The van der Waals surface area contributed by atoms with Gasteiger partial charge in [0.25, 0.3) is 0 Å². The van der Waals surface area contributed by atoms with Gasteiger partial charge in [-0.3, -0.25) is 0 Å². The van der Waals surface area contributed by atoms with Gasteiger partial charge in [0.1, 0.15) is 0 Å². The predicted octanol–water partition coefficient (Wildman–Crippen LogP) is 1.49. The average molecular weight is 284 g/mol. The predicted molar refractivity (Wildman–Crippen MR) is 81.9 cm³/mol. The molecule has 0 amide bonds. The van der Waals surface area contributed by atoms with Crippen molar-refractivity contribution in [1.29, 1.82) is 0 Å². The molecule has 0 bridgehead atoms. The molecule has 2 aliphatic rings. The van der Waals surface area contributed by atoms with Gasteiger partial charge < -0.3 is 20.1 Å². The van der Waals surface area contributed by atoms with Crippen LogP contribution in [-0.4, -0.2) is 62.0 Å². The van der Waals surface area contributed by atoms with Crippen LogP contribution in [0, 0.1) is 11.3 Å². The van der Waals surface area contributed by atoms with Gasteiger partial charge in [0, 0.05) is 45.5 Å². The third-order valence-corrected chi connectivity index (χ3v) is 4.91. The van der Waals surface area contributed by atoms with Crippen molar-refractivity contribution in [2.75, 3.05) is 46.0 Å². The van der Waals surface area contributed by atoms with E-state index in [4.69, 9.17) is 9.84 Å². The maximum absolute atomic E-state index is 9.09. The second kappa shape index (κ2) is 7.74. The second-order valence-corrected chi connectivity index (χ2v) is 7.05. The second-order valence-electron chi connectivity index (χ2n) is 7.05. The fraction of sp³-hybridized carbons (Fsp3) is 1.00. The third kappa shape index (κ3) is 4.69. The highest BCUT2D eigenvalue weighted by Crippen LogP contribution is 2.33. The summed E-state index contributed by atoms with van der Waals surface area (Å²) in [4.78, 5) is 2.62. The maximum Gasteiger partial charge on any atom is 0.0472 e. The molecular formula is C16H32N2O2. The van der Waals surface area contributed by atoms with Gasteiger partial charge in [-0.2, -0.15) is 0 Å². The van der Waals surface area contributed by atoms with Crippen molar-refractivity contribution in [1.82, 2.24) is 10.2 Å². The smallest absolute Gasteiger partial charge is 0.0472 e. The molecule has 1 atom stereocenters. The summed E-state index contributed by atoms with van der Waals surface area (Å²) in [6, 6.07) is 0.551. The van der Waals surface area contributed by atoms with Gasteiger partial charge in [-0.1, -0.05) is 13.8 Å². The largest absolute Gasteiger partial charge is 0.396 e. The number of ether oxygens (including phenoxy) is 1. The quantitative estimate of drug-likeness (QED) is 0.743. The Balaban J connectivity index is 1.87. The Morgan fingerprint density at radius 2 is 2.10 bits per heavy atom. The summed E-state index contributed by atoms with van der Waals surface area (Å²) in [5, 5.41) is 12.7. The highest BCUT2D eigenvalue weighted by molar-refractivity contribution is 4.90. The van der Waals surface area contributed by atoms with Crippen LogP contribution in [-0.2, 0) is 4.74 Å². The molecule has 2 fully saturated rings. The number of nitrogens with zero attached hydrogens (tertiary/aromatic N) is 1. The van der Waals surface area contributed by atoms with Crippen LogP contribution in [0.1, 0.15) is 39.5 Å². The van der Waals surface area contributed by atoms with Crippen molar-refractivity contribution in [2.24, 2.45) is 11.3 Å². The maximum atomic E-state index is 9.09. The van der Waals surface area contributed by atoms with Crippen LogP contribution in [0.2, 0.25) is 0 Å². The highest BCUT2D eigenvalue weighted by Gasteiger charge is 2.36. The monoisotopic (exact) mass is 284 g/mol. The van der Waals surface area contributed by atoms with Crippen molar-refractivity contribution < 1.29 is 9.84 Å². The molecule has 20 heavy (non-hydrogen) atoms. The molecule has 0 spiro atoms. The van der Waals surface area contributed by atoms with E-state index in [9.17, 15) is 0 Å². The number of hydrogen-bond acceptors (Lipinski definition) is 4. The van der Waals surface area contributed by atoms with Crippen LogP contribution in [0.25, 0.3) is 0 Å². The van der Waals surface area contributed by atoms with Gasteiger partial charge in [0.2, 0.25) is 0 Å². The molecule has 1 unspecified atom stereocenters. The van der Waals surface area contributed by atoms with Crippen LogP contribution < -0.4 is 5.32 Å². The normalized spacial score (nSPS) is 27.3. The number of likely N-dealkylation sites (tertiary alicyclic amines) is 1. The van der Waals surface area contributed by atoms with Crippen molar-refractivity contribution >= 4 is 0 Å². The molecule has 0 aromatic rings. The van der Waals surface area contributed by atoms with Crippen molar-refractivity contribution in [2.45, 2.75) is 45.6 Å². The number of aliphatic hydroxyl groups excluding tert-OH is 1. The zero-order chi connectivity index (χ0) is 14.4.